The molecule has 0 saturated heterocycles. The van der Waals surface area contributed by atoms with E-state index in [4.69, 9.17) is 6.42 Å². The summed E-state index contributed by atoms with van der Waals surface area (Å²) >= 11 is 0. The molecule has 0 aliphatic carbocycles. The zero-order chi connectivity index (χ0) is 9.10. The number of nitrogens with one attached hydrogen (secondary N) is 1. The maximum Gasteiger partial charge on any atom is 0.0434 e. The predicted octanol–water partition coefficient (Wildman–Crippen LogP) is 1.85. The van der Waals surface area contributed by atoms with Crippen LogP contribution in [0.4, 0.5) is 0 Å². The first-order valence-electron chi connectivity index (χ1n) is 4.62. The van der Waals surface area contributed by atoms with Crippen molar-refractivity contribution in [3.8, 4) is 5.92 Å². The van der Waals surface area contributed by atoms with E-state index in [1.165, 1.54) is 11.1 Å². The molecule has 1 aliphatic heterocycles. The largest absolute Gasteiger partial charge is 0.309 e. The van der Waals surface area contributed by atoms with Crippen LogP contribution in [0.2, 0.25) is 0 Å². The SMILES string of the molecule is [C]#CCC1NCCc2ccccc21. The van der Waals surface area contributed by atoms with E-state index in [1.54, 1.807) is 0 Å². The summed E-state index contributed by atoms with van der Waals surface area (Å²) in [5.74, 6) is 2.47. The smallest absolute Gasteiger partial charge is 0.0434 e. The second-order valence-corrected chi connectivity index (χ2v) is 3.34. The molecule has 1 aromatic rings. The molecule has 1 unspecified atom stereocenters. The summed E-state index contributed by atoms with van der Waals surface area (Å²) in [6.45, 7) is 1.02. The molecule has 0 saturated carbocycles. The summed E-state index contributed by atoms with van der Waals surface area (Å²) in [6, 6.07) is 8.76. The first kappa shape index (κ1) is 8.34. The molecule has 2 rings (SSSR count). The molecule has 0 fully saturated rings. The fourth-order valence-corrected chi connectivity index (χ4v) is 1.88. The van der Waals surface area contributed by atoms with Crippen LogP contribution in [0.1, 0.15) is 23.6 Å². The molecule has 0 amide bonds. The lowest BCUT2D eigenvalue weighted by Gasteiger charge is -2.25. The maximum absolute atomic E-state index is 6.99. The van der Waals surface area contributed by atoms with Gasteiger partial charge in [0.15, 0.2) is 0 Å². The van der Waals surface area contributed by atoms with Crippen LogP contribution in [-0.4, -0.2) is 6.54 Å². The Morgan fingerprint density at radius 3 is 3.15 bits per heavy atom. The summed E-state index contributed by atoms with van der Waals surface area (Å²) < 4.78 is 0. The van der Waals surface area contributed by atoms with E-state index >= 15 is 0 Å². The van der Waals surface area contributed by atoms with Gasteiger partial charge in [0.1, 0.15) is 0 Å². The summed E-state index contributed by atoms with van der Waals surface area (Å²) in [4.78, 5) is 0. The van der Waals surface area contributed by atoms with Gasteiger partial charge in [-0.1, -0.05) is 30.2 Å². The monoisotopic (exact) mass is 170 g/mol. The summed E-state index contributed by atoms with van der Waals surface area (Å²) in [6.07, 6.45) is 8.77. The molecular formula is C12H12N. The van der Waals surface area contributed by atoms with Crippen LogP contribution in [0.15, 0.2) is 24.3 Å². The third kappa shape index (κ3) is 1.59. The highest BCUT2D eigenvalue weighted by Gasteiger charge is 2.17. The lowest BCUT2D eigenvalue weighted by molar-refractivity contribution is 0.514. The highest BCUT2D eigenvalue weighted by molar-refractivity contribution is 5.32. The summed E-state index contributed by atoms with van der Waals surface area (Å²) in [7, 11) is 0. The van der Waals surface area contributed by atoms with Crippen LogP contribution in [0.25, 0.3) is 0 Å². The van der Waals surface area contributed by atoms with Crippen molar-refractivity contribution in [3.05, 3.63) is 41.8 Å². The van der Waals surface area contributed by atoms with Gasteiger partial charge in [-0.2, -0.15) is 0 Å². The Morgan fingerprint density at radius 2 is 2.31 bits per heavy atom. The van der Waals surface area contributed by atoms with E-state index in [-0.39, 0.29) is 0 Å². The van der Waals surface area contributed by atoms with Crippen molar-refractivity contribution < 1.29 is 0 Å². The lowest BCUT2D eigenvalue weighted by atomic mass is 9.93. The van der Waals surface area contributed by atoms with Crippen LogP contribution in [0, 0.1) is 12.3 Å². The van der Waals surface area contributed by atoms with Crippen molar-refractivity contribution >= 4 is 0 Å². The molecule has 13 heavy (non-hydrogen) atoms. The molecule has 65 valence electrons. The van der Waals surface area contributed by atoms with Crippen molar-refractivity contribution in [3.63, 3.8) is 0 Å². The van der Waals surface area contributed by atoms with Crippen LogP contribution >= 0.6 is 0 Å². The van der Waals surface area contributed by atoms with Gasteiger partial charge in [-0.25, -0.2) is 0 Å². The molecule has 1 nitrogen and oxygen atoms in total. The second-order valence-electron chi connectivity index (χ2n) is 3.34. The second kappa shape index (κ2) is 3.64. The maximum atomic E-state index is 6.99. The van der Waals surface area contributed by atoms with Gasteiger partial charge in [-0.15, -0.1) is 0 Å². The third-order valence-electron chi connectivity index (χ3n) is 2.52. The number of benzene rings is 1. The van der Waals surface area contributed by atoms with Crippen molar-refractivity contribution in [2.24, 2.45) is 0 Å². The number of hydrogen-bond donors (Lipinski definition) is 1. The Hall–Kier alpha value is -1.26. The molecule has 1 aromatic carbocycles. The lowest BCUT2D eigenvalue weighted by Crippen LogP contribution is -2.29. The van der Waals surface area contributed by atoms with Gasteiger partial charge in [0.2, 0.25) is 0 Å². The highest BCUT2D eigenvalue weighted by atomic mass is 14.9. The third-order valence-corrected chi connectivity index (χ3v) is 2.52. The minimum absolute atomic E-state index is 0.308. The average Bonchev–Trinajstić information content (AvgIpc) is 2.19. The zero-order valence-corrected chi connectivity index (χ0v) is 7.51. The van der Waals surface area contributed by atoms with Crippen LogP contribution < -0.4 is 5.32 Å². The molecule has 1 aliphatic rings. The fourth-order valence-electron chi connectivity index (χ4n) is 1.88. The van der Waals surface area contributed by atoms with Crippen LogP contribution in [0.5, 0.6) is 0 Å². The van der Waals surface area contributed by atoms with Gasteiger partial charge in [0.05, 0.1) is 0 Å². The van der Waals surface area contributed by atoms with Crippen molar-refractivity contribution in [2.45, 2.75) is 18.9 Å². The normalized spacial score (nSPS) is 20.4. The van der Waals surface area contributed by atoms with Gasteiger partial charge in [0, 0.05) is 12.5 Å². The predicted molar refractivity (Wildman–Crippen MR) is 52.6 cm³/mol. The average molecular weight is 170 g/mol. The highest BCUT2D eigenvalue weighted by Crippen LogP contribution is 2.24. The minimum Gasteiger partial charge on any atom is -0.309 e. The van der Waals surface area contributed by atoms with Gasteiger partial charge < -0.3 is 5.32 Å². The van der Waals surface area contributed by atoms with E-state index < -0.39 is 0 Å². The molecule has 0 bridgehead atoms. The Bertz CT molecular complexity index is 335. The van der Waals surface area contributed by atoms with E-state index in [2.05, 4.69) is 35.5 Å². The molecular weight excluding hydrogens is 158 g/mol. The zero-order valence-electron chi connectivity index (χ0n) is 7.51. The fraction of sp³-hybridized carbons (Fsp3) is 0.333. The first-order chi connectivity index (χ1) is 6.42. The van der Waals surface area contributed by atoms with Crippen molar-refractivity contribution in [1.82, 2.24) is 5.32 Å². The first-order valence-corrected chi connectivity index (χ1v) is 4.62. The Kier molecular flexibility index (Phi) is 2.33. The standard InChI is InChI=1S/C12H12N/c1-2-5-12-11-7-4-3-6-10(11)8-9-13-12/h3-4,6-7,12-13H,5,8-9H2. The molecule has 1 radical (unpaired) electrons. The van der Waals surface area contributed by atoms with Crippen molar-refractivity contribution in [2.75, 3.05) is 6.54 Å². The summed E-state index contributed by atoms with van der Waals surface area (Å²) in [5, 5.41) is 3.39. The molecule has 0 aromatic heterocycles. The van der Waals surface area contributed by atoms with Crippen LogP contribution in [0.3, 0.4) is 0 Å². The molecule has 1 heteroatoms. The Labute approximate surface area is 79.2 Å². The molecule has 0 spiro atoms. The van der Waals surface area contributed by atoms with E-state index in [0.29, 0.717) is 12.5 Å². The number of fused-ring (bicyclic) bond motifs is 1. The molecule has 1 heterocycles. The molecule has 1 N–H and O–H groups in total. The van der Waals surface area contributed by atoms with Crippen LogP contribution in [-0.2, 0) is 6.42 Å². The van der Waals surface area contributed by atoms with Gasteiger partial charge in [-0.05, 0) is 30.5 Å². The van der Waals surface area contributed by atoms with Crippen molar-refractivity contribution in [1.29, 1.82) is 0 Å². The van der Waals surface area contributed by atoms with E-state index in [0.717, 1.165) is 13.0 Å². The van der Waals surface area contributed by atoms with Gasteiger partial charge in [-0.3, -0.25) is 0 Å². The Morgan fingerprint density at radius 1 is 1.46 bits per heavy atom. The number of rotatable bonds is 1. The van der Waals surface area contributed by atoms with E-state index in [1.807, 2.05) is 0 Å². The van der Waals surface area contributed by atoms with Gasteiger partial charge in [0.25, 0.3) is 0 Å². The number of hydrogen-bond acceptors (Lipinski definition) is 1. The van der Waals surface area contributed by atoms with E-state index in [9.17, 15) is 0 Å². The Balaban J connectivity index is 2.32. The summed E-state index contributed by atoms with van der Waals surface area (Å²) in [5.41, 5.74) is 2.76. The van der Waals surface area contributed by atoms with Gasteiger partial charge >= 0.3 is 0 Å². The quantitative estimate of drug-likeness (QED) is 0.634. The molecule has 1 atom stereocenters. The topological polar surface area (TPSA) is 12.0 Å². The minimum atomic E-state index is 0.308.